The van der Waals surface area contributed by atoms with E-state index >= 15 is 0 Å². The van der Waals surface area contributed by atoms with E-state index in [1.165, 1.54) is 44.9 Å². The minimum atomic E-state index is -0.813. The topological polar surface area (TPSA) is 78.9 Å². The van der Waals surface area contributed by atoms with E-state index in [4.69, 9.17) is 14.2 Å². The Morgan fingerprint density at radius 1 is 0.300 bits per heavy atom. The van der Waals surface area contributed by atoms with Gasteiger partial charge in [0.1, 0.15) is 13.2 Å². The van der Waals surface area contributed by atoms with Crippen LogP contribution in [0.4, 0.5) is 0 Å². The zero-order chi connectivity index (χ0) is 50.7. The highest BCUT2D eigenvalue weighted by molar-refractivity contribution is 5.71. The predicted molar refractivity (Wildman–Crippen MR) is 302 cm³/mol. The Morgan fingerprint density at radius 3 is 0.900 bits per heavy atom. The summed E-state index contributed by atoms with van der Waals surface area (Å²) in [5.74, 6) is -0.986. The molecule has 0 radical (unpaired) electrons. The molecule has 0 aromatic rings. The van der Waals surface area contributed by atoms with Crippen molar-refractivity contribution in [1.29, 1.82) is 0 Å². The SMILES string of the molecule is CC/C=C\C/C=C\C/C=C\C/C=C\C/C=C\C/C=C\C/C=C\CCCCCC(=O)OCC(COC(=O)CCCCC/C=C\C/C=C\C/C=C\CC)OC(=O)CCCCCCC/C=C\CCCCCCC. The zero-order valence-electron chi connectivity index (χ0n) is 45.0. The largest absolute Gasteiger partial charge is 0.462 e. The van der Waals surface area contributed by atoms with E-state index < -0.39 is 6.10 Å². The molecule has 0 aliphatic carbocycles. The second-order valence-electron chi connectivity index (χ2n) is 18.1. The van der Waals surface area contributed by atoms with Crippen molar-refractivity contribution in [2.24, 2.45) is 0 Å². The molecule has 0 saturated carbocycles. The second kappa shape index (κ2) is 57.1. The van der Waals surface area contributed by atoms with Gasteiger partial charge in [0.2, 0.25) is 0 Å². The molecule has 6 nitrogen and oxygen atoms in total. The van der Waals surface area contributed by atoms with Gasteiger partial charge < -0.3 is 14.2 Å². The first-order valence-electron chi connectivity index (χ1n) is 28.2. The Kier molecular flexibility index (Phi) is 53.5. The van der Waals surface area contributed by atoms with E-state index in [0.29, 0.717) is 19.3 Å². The van der Waals surface area contributed by atoms with Crippen molar-refractivity contribution in [1.82, 2.24) is 0 Å². The first-order chi connectivity index (χ1) is 34.5. The predicted octanol–water partition coefficient (Wildman–Crippen LogP) is 19.0. The van der Waals surface area contributed by atoms with Gasteiger partial charge in [0.15, 0.2) is 6.10 Å². The Labute approximate surface area is 430 Å². The zero-order valence-corrected chi connectivity index (χ0v) is 45.0. The van der Waals surface area contributed by atoms with Gasteiger partial charge in [-0.2, -0.15) is 0 Å². The molecule has 6 heteroatoms. The van der Waals surface area contributed by atoms with E-state index in [1.807, 2.05) is 0 Å². The molecule has 0 aromatic carbocycles. The quantitative estimate of drug-likeness (QED) is 0.0262. The maximum absolute atomic E-state index is 12.8. The van der Waals surface area contributed by atoms with E-state index in [-0.39, 0.29) is 31.1 Å². The van der Waals surface area contributed by atoms with Crippen LogP contribution in [0.5, 0.6) is 0 Å². The van der Waals surface area contributed by atoms with Crippen molar-refractivity contribution in [3.63, 3.8) is 0 Å². The monoisotopic (exact) mass is 967 g/mol. The maximum atomic E-state index is 12.8. The number of esters is 3. The lowest BCUT2D eigenvalue weighted by Crippen LogP contribution is -2.30. The van der Waals surface area contributed by atoms with Gasteiger partial charge in [0, 0.05) is 19.3 Å². The molecule has 0 N–H and O–H groups in total. The highest BCUT2D eigenvalue weighted by Crippen LogP contribution is 2.13. The van der Waals surface area contributed by atoms with E-state index in [9.17, 15) is 14.4 Å². The molecule has 0 aliphatic rings. The van der Waals surface area contributed by atoms with Crippen LogP contribution in [0.15, 0.2) is 134 Å². The van der Waals surface area contributed by atoms with Crippen molar-refractivity contribution in [2.75, 3.05) is 13.2 Å². The number of hydrogen-bond donors (Lipinski definition) is 0. The highest BCUT2D eigenvalue weighted by atomic mass is 16.6. The molecule has 1 atom stereocenters. The summed E-state index contributed by atoms with van der Waals surface area (Å²) in [5, 5.41) is 0. The molecule has 0 aromatic heterocycles. The van der Waals surface area contributed by atoms with Gasteiger partial charge in [0.25, 0.3) is 0 Å². The van der Waals surface area contributed by atoms with Crippen LogP contribution < -0.4 is 0 Å². The number of hydrogen-bond acceptors (Lipinski definition) is 6. The first-order valence-corrected chi connectivity index (χ1v) is 28.2. The molecule has 394 valence electrons. The number of ether oxygens (including phenoxy) is 3. The molecular weight excluding hydrogens is 865 g/mol. The third kappa shape index (κ3) is 54.5. The molecule has 0 amide bonds. The smallest absolute Gasteiger partial charge is 0.306 e. The first kappa shape index (κ1) is 65.5. The third-order valence-corrected chi connectivity index (χ3v) is 11.4. The van der Waals surface area contributed by atoms with Crippen molar-refractivity contribution in [2.45, 2.75) is 239 Å². The van der Waals surface area contributed by atoms with Crippen LogP contribution in [0.3, 0.4) is 0 Å². The van der Waals surface area contributed by atoms with Gasteiger partial charge in [-0.1, -0.05) is 212 Å². The van der Waals surface area contributed by atoms with Crippen molar-refractivity contribution < 1.29 is 28.6 Å². The van der Waals surface area contributed by atoms with Gasteiger partial charge in [0.05, 0.1) is 0 Å². The van der Waals surface area contributed by atoms with Crippen LogP contribution in [0.25, 0.3) is 0 Å². The van der Waals surface area contributed by atoms with Crippen LogP contribution >= 0.6 is 0 Å². The average Bonchev–Trinajstić information content (AvgIpc) is 3.36. The Balaban J connectivity index is 4.46. The lowest BCUT2D eigenvalue weighted by atomic mass is 10.1. The Bertz CT molecular complexity index is 1530. The Hall–Kier alpha value is -4.45. The maximum Gasteiger partial charge on any atom is 0.306 e. The van der Waals surface area contributed by atoms with Crippen LogP contribution in [0.1, 0.15) is 233 Å². The molecule has 0 saturated heterocycles. The summed E-state index contributed by atoms with van der Waals surface area (Å²) in [4.78, 5) is 38.1. The molecule has 0 bridgehead atoms. The fourth-order valence-electron chi connectivity index (χ4n) is 7.19. The van der Waals surface area contributed by atoms with Crippen molar-refractivity contribution in [3.05, 3.63) is 134 Å². The summed E-state index contributed by atoms with van der Waals surface area (Å²) in [5.41, 5.74) is 0. The van der Waals surface area contributed by atoms with Crippen LogP contribution in [0.2, 0.25) is 0 Å². The lowest BCUT2D eigenvalue weighted by Gasteiger charge is -2.18. The molecule has 0 rings (SSSR count). The molecule has 0 aliphatic heterocycles. The van der Waals surface area contributed by atoms with Crippen LogP contribution in [-0.2, 0) is 28.6 Å². The minimum Gasteiger partial charge on any atom is -0.462 e. The average molecular weight is 968 g/mol. The molecule has 0 spiro atoms. The summed E-state index contributed by atoms with van der Waals surface area (Å²) < 4.78 is 16.8. The van der Waals surface area contributed by atoms with Crippen molar-refractivity contribution in [3.8, 4) is 0 Å². The Morgan fingerprint density at radius 2 is 0.557 bits per heavy atom. The number of rotatable bonds is 49. The number of allylic oxidation sites excluding steroid dienone is 22. The number of carbonyl (C=O) groups is 3. The molecule has 1 unspecified atom stereocenters. The number of carbonyl (C=O) groups excluding carboxylic acids is 3. The van der Waals surface area contributed by atoms with Gasteiger partial charge in [-0.15, -0.1) is 0 Å². The molecule has 0 heterocycles. The van der Waals surface area contributed by atoms with E-state index in [2.05, 4.69) is 154 Å². The molecule has 70 heavy (non-hydrogen) atoms. The van der Waals surface area contributed by atoms with E-state index in [1.54, 1.807) is 0 Å². The van der Waals surface area contributed by atoms with Gasteiger partial charge in [-0.05, 0) is 135 Å². The van der Waals surface area contributed by atoms with Crippen molar-refractivity contribution >= 4 is 17.9 Å². The van der Waals surface area contributed by atoms with Gasteiger partial charge >= 0.3 is 17.9 Å². The summed E-state index contributed by atoms with van der Waals surface area (Å²) in [7, 11) is 0. The van der Waals surface area contributed by atoms with Gasteiger partial charge in [-0.25, -0.2) is 0 Å². The minimum absolute atomic E-state index is 0.112. The molecular formula is C64H102O6. The summed E-state index contributed by atoms with van der Waals surface area (Å²) >= 11 is 0. The van der Waals surface area contributed by atoms with Crippen LogP contribution in [-0.4, -0.2) is 37.2 Å². The number of unbranched alkanes of at least 4 members (excludes halogenated alkanes) is 16. The molecule has 0 fully saturated rings. The lowest BCUT2D eigenvalue weighted by molar-refractivity contribution is -0.167. The highest BCUT2D eigenvalue weighted by Gasteiger charge is 2.19. The fraction of sp³-hybridized carbons (Fsp3) is 0.609. The van der Waals surface area contributed by atoms with Crippen LogP contribution in [0, 0.1) is 0 Å². The fourth-order valence-corrected chi connectivity index (χ4v) is 7.19. The normalized spacial score (nSPS) is 13.1. The van der Waals surface area contributed by atoms with Gasteiger partial charge in [-0.3, -0.25) is 14.4 Å². The van der Waals surface area contributed by atoms with E-state index in [0.717, 1.165) is 148 Å². The summed E-state index contributed by atoms with van der Waals surface area (Å²) in [6, 6.07) is 0. The third-order valence-electron chi connectivity index (χ3n) is 11.4. The summed E-state index contributed by atoms with van der Waals surface area (Å²) in [6.45, 7) is 6.32. The standard InChI is InChI=1S/C64H102O6/c1-4-7-10-13-16-19-22-25-27-28-29-30-31-32-33-34-35-36-37-40-42-45-48-51-54-57-63(66)69-60-61(59-68-62(65)56-53-50-47-44-41-38-24-21-18-15-12-9-6-3)70-64(67)58-55-52-49-46-43-39-26-23-20-17-14-11-8-5-2/h7,9-10,12,16,18-19,21,23,25-27,29-30,32-33,35-36,38,40-42,61H,4-6,8,11,13-15,17,20,22,24,28,31,34,37,39,43-60H2,1-3H3/b10-7-,12-9-,19-16-,21-18-,26-23-,27-25-,30-29-,33-32-,36-35-,41-38-,42-40-. The summed E-state index contributed by atoms with van der Waals surface area (Å²) in [6.07, 6.45) is 80.1. The second-order valence-corrected chi connectivity index (χ2v) is 18.1.